The average molecular weight is 262 g/mol. The fourth-order valence-corrected chi connectivity index (χ4v) is 3.83. The van der Waals surface area contributed by atoms with E-state index in [1.807, 2.05) is 0 Å². The third kappa shape index (κ3) is 2.03. The van der Waals surface area contributed by atoms with Crippen molar-refractivity contribution in [3.63, 3.8) is 0 Å². The van der Waals surface area contributed by atoms with E-state index < -0.39 is 15.1 Å². The molecule has 1 unspecified atom stereocenters. The van der Waals surface area contributed by atoms with Gasteiger partial charge in [0.2, 0.25) is 0 Å². The van der Waals surface area contributed by atoms with Crippen molar-refractivity contribution in [3.8, 4) is 0 Å². The second kappa shape index (κ2) is 4.24. The second-order valence-electron chi connectivity index (χ2n) is 3.72. The maximum Gasteiger partial charge on any atom is 0.185 e. The standard InChI is InChI=1S/C10H12ClNO3S/c11-9-5-7(12)1-2-10(9)16(13,14)8-3-4-15-6-8/h1-2,5,8H,3-4,6,12H2. The fourth-order valence-electron chi connectivity index (χ4n) is 1.69. The minimum absolute atomic E-state index is 0.138. The van der Waals surface area contributed by atoms with Gasteiger partial charge in [-0.15, -0.1) is 0 Å². The third-order valence-electron chi connectivity index (χ3n) is 2.59. The number of nitrogen functional groups attached to an aromatic ring is 1. The highest BCUT2D eigenvalue weighted by Gasteiger charge is 2.32. The van der Waals surface area contributed by atoms with Gasteiger partial charge in [-0.3, -0.25) is 0 Å². The van der Waals surface area contributed by atoms with Crippen LogP contribution in [0.4, 0.5) is 5.69 Å². The summed E-state index contributed by atoms with van der Waals surface area (Å²) in [5.74, 6) is 0. The van der Waals surface area contributed by atoms with Crippen LogP contribution in [0, 0.1) is 0 Å². The molecule has 1 fully saturated rings. The molecule has 0 saturated carbocycles. The Hall–Kier alpha value is -0.780. The summed E-state index contributed by atoms with van der Waals surface area (Å²) in [6.45, 7) is 0.722. The van der Waals surface area contributed by atoms with Crippen LogP contribution in [0.1, 0.15) is 6.42 Å². The average Bonchev–Trinajstić information content (AvgIpc) is 2.69. The van der Waals surface area contributed by atoms with E-state index in [2.05, 4.69) is 0 Å². The van der Waals surface area contributed by atoms with Gasteiger partial charge in [0.25, 0.3) is 0 Å². The molecule has 0 aromatic heterocycles. The highest BCUT2D eigenvalue weighted by atomic mass is 35.5. The zero-order chi connectivity index (χ0) is 11.8. The smallest absolute Gasteiger partial charge is 0.185 e. The van der Waals surface area contributed by atoms with E-state index in [4.69, 9.17) is 22.1 Å². The lowest BCUT2D eigenvalue weighted by atomic mass is 10.3. The van der Waals surface area contributed by atoms with Crippen LogP contribution in [0.15, 0.2) is 23.1 Å². The van der Waals surface area contributed by atoms with Crippen molar-refractivity contribution >= 4 is 27.1 Å². The molecule has 6 heteroatoms. The minimum atomic E-state index is -3.40. The number of hydrogen-bond donors (Lipinski definition) is 1. The third-order valence-corrected chi connectivity index (χ3v) is 5.23. The summed E-state index contributed by atoms with van der Waals surface area (Å²) in [6.07, 6.45) is 0.517. The molecule has 0 radical (unpaired) electrons. The number of rotatable bonds is 2. The first-order valence-electron chi connectivity index (χ1n) is 4.88. The van der Waals surface area contributed by atoms with Crippen molar-refractivity contribution in [1.82, 2.24) is 0 Å². The van der Waals surface area contributed by atoms with Crippen LogP contribution in [-0.4, -0.2) is 26.9 Å². The van der Waals surface area contributed by atoms with Gasteiger partial charge in [0.15, 0.2) is 9.84 Å². The molecule has 1 aliphatic heterocycles. The van der Waals surface area contributed by atoms with Gasteiger partial charge >= 0.3 is 0 Å². The summed E-state index contributed by atoms with van der Waals surface area (Å²) in [7, 11) is -3.40. The van der Waals surface area contributed by atoms with E-state index in [-0.39, 0.29) is 16.5 Å². The summed E-state index contributed by atoms with van der Waals surface area (Å²) in [5, 5.41) is -0.319. The van der Waals surface area contributed by atoms with E-state index in [9.17, 15) is 8.42 Å². The Morgan fingerprint density at radius 3 is 2.75 bits per heavy atom. The molecule has 0 amide bonds. The highest BCUT2D eigenvalue weighted by molar-refractivity contribution is 7.92. The summed E-state index contributed by atoms with van der Waals surface area (Å²) in [5.41, 5.74) is 5.97. The number of ether oxygens (including phenoxy) is 1. The number of sulfone groups is 1. The quantitative estimate of drug-likeness (QED) is 0.819. The lowest BCUT2D eigenvalue weighted by molar-refractivity contribution is 0.198. The molecule has 2 N–H and O–H groups in total. The SMILES string of the molecule is Nc1ccc(S(=O)(=O)C2CCOC2)c(Cl)c1. The van der Waals surface area contributed by atoms with Crippen LogP contribution in [-0.2, 0) is 14.6 Å². The van der Waals surface area contributed by atoms with Gasteiger partial charge in [0.05, 0.1) is 21.8 Å². The maximum atomic E-state index is 12.2. The first-order chi connectivity index (χ1) is 7.51. The zero-order valence-electron chi connectivity index (χ0n) is 8.52. The Morgan fingerprint density at radius 2 is 2.19 bits per heavy atom. The summed E-state index contributed by atoms with van der Waals surface area (Å²) < 4.78 is 29.4. The molecule has 4 nitrogen and oxygen atoms in total. The molecule has 0 aliphatic carbocycles. The Morgan fingerprint density at radius 1 is 1.44 bits per heavy atom. The molecular formula is C10H12ClNO3S. The van der Waals surface area contributed by atoms with Crippen LogP contribution >= 0.6 is 11.6 Å². The lowest BCUT2D eigenvalue weighted by Crippen LogP contribution is -2.21. The fraction of sp³-hybridized carbons (Fsp3) is 0.400. The largest absolute Gasteiger partial charge is 0.399 e. The van der Waals surface area contributed by atoms with Crippen LogP contribution in [0.5, 0.6) is 0 Å². The van der Waals surface area contributed by atoms with Gasteiger partial charge in [0.1, 0.15) is 0 Å². The monoisotopic (exact) mass is 261 g/mol. The first kappa shape index (κ1) is 11.7. The number of anilines is 1. The lowest BCUT2D eigenvalue weighted by Gasteiger charge is -2.11. The number of halogens is 1. The topological polar surface area (TPSA) is 69.4 Å². The predicted octanol–water partition coefficient (Wildman–Crippen LogP) is 1.48. The van der Waals surface area contributed by atoms with Crippen molar-refractivity contribution < 1.29 is 13.2 Å². The van der Waals surface area contributed by atoms with Crippen molar-refractivity contribution in [2.45, 2.75) is 16.6 Å². The highest BCUT2D eigenvalue weighted by Crippen LogP contribution is 2.29. The van der Waals surface area contributed by atoms with E-state index in [0.29, 0.717) is 18.7 Å². The predicted molar refractivity (Wildman–Crippen MR) is 62.3 cm³/mol. The van der Waals surface area contributed by atoms with E-state index in [1.54, 1.807) is 0 Å². The zero-order valence-corrected chi connectivity index (χ0v) is 10.1. The first-order valence-corrected chi connectivity index (χ1v) is 6.81. The van der Waals surface area contributed by atoms with Crippen molar-refractivity contribution in [2.24, 2.45) is 0 Å². The van der Waals surface area contributed by atoms with E-state index >= 15 is 0 Å². The van der Waals surface area contributed by atoms with Crippen LogP contribution < -0.4 is 5.73 Å². The minimum Gasteiger partial charge on any atom is -0.399 e. The molecule has 1 heterocycles. The van der Waals surface area contributed by atoms with Crippen LogP contribution in [0.2, 0.25) is 5.02 Å². The van der Waals surface area contributed by atoms with Crippen molar-refractivity contribution in [3.05, 3.63) is 23.2 Å². The van der Waals surface area contributed by atoms with Crippen molar-refractivity contribution in [2.75, 3.05) is 18.9 Å². The molecule has 0 spiro atoms. The van der Waals surface area contributed by atoms with Gasteiger partial charge in [-0.2, -0.15) is 0 Å². The van der Waals surface area contributed by atoms with Crippen LogP contribution in [0.25, 0.3) is 0 Å². The molecule has 0 bridgehead atoms. The Labute approximate surface area is 99.3 Å². The molecule has 16 heavy (non-hydrogen) atoms. The van der Waals surface area contributed by atoms with E-state index in [1.165, 1.54) is 18.2 Å². The number of benzene rings is 1. The normalized spacial score (nSPS) is 21.2. The van der Waals surface area contributed by atoms with Gasteiger partial charge < -0.3 is 10.5 Å². The molecule has 1 aromatic carbocycles. The maximum absolute atomic E-state index is 12.2. The number of hydrogen-bond acceptors (Lipinski definition) is 4. The summed E-state index contributed by atoms with van der Waals surface area (Å²) in [4.78, 5) is 0.138. The van der Waals surface area contributed by atoms with Gasteiger partial charge in [-0.25, -0.2) is 8.42 Å². The Bertz CT molecular complexity index is 495. The summed E-state index contributed by atoms with van der Waals surface area (Å²) >= 11 is 5.89. The van der Waals surface area contributed by atoms with Gasteiger partial charge in [-0.1, -0.05) is 11.6 Å². The number of nitrogens with two attached hydrogens (primary N) is 1. The molecule has 1 aromatic rings. The van der Waals surface area contributed by atoms with Gasteiger partial charge in [-0.05, 0) is 24.6 Å². The molecule has 1 atom stereocenters. The van der Waals surface area contributed by atoms with Crippen molar-refractivity contribution in [1.29, 1.82) is 0 Å². The molecule has 88 valence electrons. The molecule has 1 aliphatic rings. The molecular weight excluding hydrogens is 250 g/mol. The van der Waals surface area contributed by atoms with Crippen LogP contribution in [0.3, 0.4) is 0 Å². The molecule has 2 rings (SSSR count). The Balaban J connectivity index is 2.42. The second-order valence-corrected chi connectivity index (χ2v) is 6.32. The Kier molecular flexibility index (Phi) is 3.10. The van der Waals surface area contributed by atoms with Gasteiger partial charge in [0, 0.05) is 12.3 Å². The molecule has 1 saturated heterocycles. The van der Waals surface area contributed by atoms with E-state index in [0.717, 1.165) is 0 Å². The summed E-state index contributed by atoms with van der Waals surface area (Å²) in [6, 6.07) is 4.43.